The molecule has 0 aliphatic rings. The van der Waals surface area contributed by atoms with Gasteiger partial charge in [-0.1, -0.05) is 18.2 Å². The molecule has 4 N–H and O–H groups in total. The Bertz CT molecular complexity index is 1080. The van der Waals surface area contributed by atoms with Crippen LogP contribution in [-0.2, 0) is 0 Å². The van der Waals surface area contributed by atoms with E-state index in [-0.39, 0.29) is 17.2 Å². The van der Waals surface area contributed by atoms with Gasteiger partial charge in [-0.05, 0) is 24.3 Å². The summed E-state index contributed by atoms with van der Waals surface area (Å²) in [5.74, 6) is -0.673. The van der Waals surface area contributed by atoms with E-state index in [0.717, 1.165) is 0 Å². The van der Waals surface area contributed by atoms with Crippen LogP contribution in [0.2, 0.25) is 0 Å². The monoisotopic (exact) mass is 336 g/mol. The van der Waals surface area contributed by atoms with E-state index < -0.39 is 5.91 Å². The molecule has 0 saturated carbocycles. The summed E-state index contributed by atoms with van der Waals surface area (Å²) in [7, 11) is 0. The van der Waals surface area contributed by atoms with Crippen LogP contribution in [0.1, 0.15) is 10.4 Å². The first-order valence-corrected chi connectivity index (χ1v) is 7.47. The first-order valence-electron chi connectivity index (χ1n) is 7.47. The highest BCUT2D eigenvalue weighted by atomic mass is 19.1. The Kier molecular flexibility index (Phi) is 3.42. The van der Waals surface area contributed by atoms with Crippen LogP contribution in [0.4, 0.5) is 15.9 Å². The number of hydrogen-bond acceptors (Lipinski definition) is 4. The molecule has 0 radical (unpaired) electrons. The van der Waals surface area contributed by atoms with Crippen molar-refractivity contribution in [1.29, 1.82) is 0 Å². The Morgan fingerprint density at radius 3 is 2.96 bits per heavy atom. The Labute approximate surface area is 141 Å². The molecular formula is C17H13FN6O. The molecule has 0 spiro atoms. The van der Waals surface area contributed by atoms with Crippen molar-refractivity contribution in [3.05, 3.63) is 66.2 Å². The van der Waals surface area contributed by atoms with Crippen molar-refractivity contribution in [1.82, 2.24) is 19.8 Å². The van der Waals surface area contributed by atoms with E-state index >= 15 is 0 Å². The van der Waals surface area contributed by atoms with Crippen molar-refractivity contribution < 1.29 is 9.18 Å². The van der Waals surface area contributed by atoms with Gasteiger partial charge in [0.2, 0.25) is 0 Å². The second-order valence-corrected chi connectivity index (χ2v) is 5.41. The maximum atomic E-state index is 13.5. The molecule has 124 valence electrons. The summed E-state index contributed by atoms with van der Waals surface area (Å²) in [5, 5.41) is 13.6. The number of nitrogens with one attached hydrogen (secondary N) is 2. The minimum atomic E-state index is -0.419. The Morgan fingerprint density at radius 2 is 2.12 bits per heavy atom. The van der Waals surface area contributed by atoms with Crippen LogP contribution < -0.4 is 11.1 Å². The quantitative estimate of drug-likeness (QED) is 0.535. The lowest BCUT2D eigenvalue weighted by molar-refractivity contribution is 0.102. The van der Waals surface area contributed by atoms with Crippen molar-refractivity contribution >= 4 is 22.9 Å². The molecule has 0 fully saturated rings. The van der Waals surface area contributed by atoms with Crippen LogP contribution in [0.5, 0.6) is 0 Å². The van der Waals surface area contributed by atoms with E-state index in [0.29, 0.717) is 22.5 Å². The van der Waals surface area contributed by atoms with Gasteiger partial charge in [-0.3, -0.25) is 9.89 Å². The second-order valence-electron chi connectivity index (χ2n) is 5.41. The van der Waals surface area contributed by atoms with Crippen molar-refractivity contribution in [2.24, 2.45) is 0 Å². The predicted molar refractivity (Wildman–Crippen MR) is 91.5 cm³/mol. The predicted octanol–water partition coefficient (Wildman–Crippen LogP) is 2.70. The van der Waals surface area contributed by atoms with Gasteiger partial charge in [-0.25, -0.2) is 8.91 Å². The smallest absolute Gasteiger partial charge is 0.261 e. The van der Waals surface area contributed by atoms with Crippen molar-refractivity contribution in [2.45, 2.75) is 0 Å². The number of nitrogen functional groups attached to an aromatic ring is 1. The summed E-state index contributed by atoms with van der Waals surface area (Å²) in [6.45, 7) is 0. The number of amides is 1. The van der Waals surface area contributed by atoms with Gasteiger partial charge in [0.05, 0.1) is 23.1 Å². The van der Waals surface area contributed by atoms with Crippen LogP contribution in [0.25, 0.3) is 16.8 Å². The molecule has 25 heavy (non-hydrogen) atoms. The minimum absolute atomic E-state index is 0.125. The number of halogens is 1. The largest absolute Gasteiger partial charge is 0.382 e. The summed E-state index contributed by atoms with van der Waals surface area (Å²) in [4.78, 5) is 12.7. The number of carbonyl (C=O) groups is 1. The maximum absolute atomic E-state index is 13.5. The highest BCUT2D eigenvalue weighted by molar-refractivity contribution is 6.13. The number of fused-ring (bicyclic) bond motifs is 1. The summed E-state index contributed by atoms with van der Waals surface area (Å²) in [6.07, 6.45) is 3.17. The number of nitrogens with zero attached hydrogens (tertiary/aromatic N) is 3. The zero-order valence-electron chi connectivity index (χ0n) is 12.9. The van der Waals surface area contributed by atoms with Gasteiger partial charge in [-0.15, -0.1) is 5.10 Å². The molecule has 4 aromatic rings. The van der Waals surface area contributed by atoms with E-state index in [4.69, 9.17) is 5.73 Å². The number of aromatic nitrogens is 4. The first-order chi connectivity index (χ1) is 12.1. The summed E-state index contributed by atoms with van der Waals surface area (Å²) < 4.78 is 15.0. The summed E-state index contributed by atoms with van der Waals surface area (Å²) >= 11 is 0. The molecule has 1 aromatic carbocycles. The van der Waals surface area contributed by atoms with E-state index in [1.54, 1.807) is 36.5 Å². The van der Waals surface area contributed by atoms with E-state index in [1.165, 1.54) is 22.8 Å². The van der Waals surface area contributed by atoms with Crippen molar-refractivity contribution in [3.8, 4) is 11.3 Å². The molecule has 1 amide bonds. The molecule has 3 heterocycles. The normalized spacial score (nSPS) is 10.9. The molecule has 0 aliphatic carbocycles. The van der Waals surface area contributed by atoms with Gasteiger partial charge in [0.15, 0.2) is 5.82 Å². The summed E-state index contributed by atoms with van der Waals surface area (Å²) in [5.41, 5.74) is 8.24. The SMILES string of the molecule is Nc1nn2ccccc2c1C(=O)Nc1cn[nH]c1-c1cccc(F)c1. The lowest BCUT2D eigenvalue weighted by Gasteiger charge is -2.06. The number of rotatable bonds is 3. The highest BCUT2D eigenvalue weighted by Crippen LogP contribution is 2.27. The second kappa shape index (κ2) is 5.75. The fourth-order valence-electron chi connectivity index (χ4n) is 2.68. The number of hydrogen-bond donors (Lipinski definition) is 3. The molecule has 0 saturated heterocycles. The molecule has 0 bridgehead atoms. The molecular weight excluding hydrogens is 323 g/mol. The molecule has 0 atom stereocenters. The Hall–Kier alpha value is -3.68. The van der Waals surface area contributed by atoms with Gasteiger partial charge in [0, 0.05) is 11.8 Å². The number of carbonyl (C=O) groups excluding carboxylic acids is 1. The van der Waals surface area contributed by atoms with Gasteiger partial charge in [0.25, 0.3) is 5.91 Å². The van der Waals surface area contributed by atoms with Gasteiger partial charge in [-0.2, -0.15) is 5.10 Å². The van der Waals surface area contributed by atoms with Gasteiger partial charge < -0.3 is 11.1 Å². The summed E-state index contributed by atoms with van der Waals surface area (Å²) in [6, 6.07) is 11.3. The van der Waals surface area contributed by atoms with E-state index in [1.807, 2.05) is 0 Å². The Morgan fingerprint density at radius 1 is 1.24 bits per heavy atom. The number of aromatic amines is 1. The zero-order valence-corrected chi connectivity index (χ0v) is 12.9. The standard InChI is InChI=1S/C17H13FN6O/c18-11-5-3-4-10(8-11)15-12(9-20-22-15)21-17(25)14-13-6-1-2-7-24(13)23-16(14)19/h1-9H,(H2,19,23)(H,20,22)(H,21,25). The number of benzene rings is 1. The van der Waals surface area contributed by atoms with Gasteiger partial charge >= 0.3 is 0 Å². The third kappa shape index (κ3) is 2.59. The van der Waals surface area contributed by atoms with Crippen LogP contribution in [0.15, 0.2) is 54.9 Å². The van der Waals surface area contributed by atoms with Gasteiger partial charge in [0.1, 0.15) is 11.4 Å². The third-order valence-electron chi connectivity index (χ3n) is 3.79. The van der Waals surface area contributed by atoms with Crippen LogP contribution in [0, 0.1) is 5.82 Å². The number of nitrogens with two attached hydrogens (primary N) is 1. The molecule has 3 aromatic heterocycles. The average molecular weight is 336 g/mol. The number of pyridine rings is 1. The molecule has 0 aliphatic heterocycles. The lowest BCUT2D eigenvalue weighted by Crippen LogP contribution is -2.13. The highest BCUT2D eigenvalue weighted by Gasteiger charge is 2.20. The topological polar surface area (TPSA) is 101 Å². The first kappa shape index (κ1) is 14.9. The van der Waals surface area contributed by atoms with E-state index in [9.17, 15) is 9.18 Å². The molecule has 0 unspecified atom stereocenters. The van der Waals surface area contributed by atoms with E-state index in [2.05, 4.69) is 20.6 Å². The molecule has 4 rings (SSSR count). The van der Waals surface area contributed by atoms with Crippen molar-refractivity contribution in [2.75, 3.05) is 11.1 Å². The lowest BCUT2D eigenvalue weighted by atomic mass is 10.1. The van der Waals surface area contributed by atoms with Crippen LogP contribution in [0.3, 0.4) is 0 Å². The zero-order chi connectivity index (χ0) is 17.4. The fraction of sp³-hybridized carbons (Fsp3) is 0. The average Bonchev–Trinajstić information content (AvgIpc) is 3.17. The van der Waals surface area contributed by atoms with Crippen LogP contribution >= 0.6 is 0 Å². The number of H-pyrrole nitrogens is 1. The van der Waals surface area contributed by atoms with Crippen molar-refractivity contribution in [3.63, 3.8) is 0 Å². The molecule has 7 nitrogen and oxygen atoms in total. The minimum Gasteiger partial charge on any atom is -0.382 e. The molecule has 8 heteroatoms. The fourth-order valence-corrected chi connectivity index (χ4v) is 2.68. The maximum Gasteiger partial charge on any atom is 0.261 e. The third-order valence-corrected chi connectivity index (χ3v) is 3.79. The van der Waals surface area contributed by atoms with Crippen LogP contribution in [-0.4, -0.2) is 25.7 Å². The number of anilines is 2. The Balaban J connectivity index is 1.70.